The first-order valence-corrected chi connectivity index (χ1v) is 6.97. The first-order valence-electron chi connectivity index (χ1n) is 6.97. The molecule has 106 valence electrons. The van der Waals surface area contributed by atoms with Crippen molar-refractivity contribution in [3.8, 4) is 0 Å². The molecular formula is C15H21N5. The number of nitrogens with zero attached hydrogens (tertiary/aromatic N) is 4. The molecule has 0 aliphatic rings. The van der Waals surface area contributed by atoms with Crippen molar-refractivity contribution in [2.45, 2.75) is 20.8 Å². The van der Waals surface area contributed by atoms with Crippen molar-refractivity contribution in [3.05, 3.63) is 36.5 Å². The largest absolute Gasteiger partial charge is 0.353 e. The van der Waals surface area contributed by atoms with E-state index in [0.717, 1.165) is 24.6 Å². The Bertz CT molecular complexity index is 527. The molecule has 0 spiro atoms. The highest BCUT2D eigenvalue weighted by molar-refractivity contribution is 5.59. The van der Waals surface area contributed by atoms with Crippen LogP contribution in [0.2, 0.25) is 0 Å². The Labute approximate surface area is 120 Å². The third-order valence-corrected chi connectivity index (χ3v) is 2.88. The van der Waals surface area contributed by atoms with E-state index in [4.69, 9.17) is 0 Å². The molecule has 2 rings (SSSR count). The maximum absolute atomic E-state index is 4.53. The number of benzene rings is 1. The molecule has 0 saturated carbocycles. The van der Waals surface area contributed by atoms with Gasteiger partial charge in [0.25, 0.3) is 0 Å². The van der Waals surface area contributed by atoms with Gasteiger partial charge >= 0.3 is 0 Å². The Balaban J connectivity index is 2.20. The first-order chi connectivity index (χ1) is 9.70. The van der Waals surface area contributed by atoms with Crippen LogP contribution in [0.1, 0.15) is 20.8 Å². The van der Waals surface area contributed by atoms with Gasteiger partial charge in [-0.25, -0.2) is 0 Å². The summed E-state index contributed by atoms with van der Waals surface area (Å²) < 4.78 is 0. The van der Waals surface area contributed by atoms with Crippen molar-refractivity contribution >= 4 is 17.5 Å². The maximum Gasteiger partial charge on any atom is 0.244 e. The van der Waals surface area contributed by atoms with Crippen molar-refractivity contribution in [2.24, 2.45) is 5.92 Å². The second kappa shape index (κ2) is 6.84. The van der Waals surface area contributed by atoms with Crippen molar-refractivity contribution in [1.29, 1.82) is 0 Å². The van der Waals surface area contributed by atoms with Gasteiger partial charge in [-0.05, 0) is 25.0 Å². The summed E-state index contributed by atoms with van der Waals surface area (Å²) in [6.45, 7) is 8.05. The molecule has 0 atom stereocenters. The van der Waals surface area contributed by atoms with Gasteiger partial charge in [-0.3, -0.25) is 0 Å². The summed E-state index contributed by atoms with van der Waals surface area (Å²) in [5.41, 5.74) is 1.10. The Hall–Kier alpha value is -2.17. The monoisotopic (exact) mass is 271 g/mol. The fraction of sp³-hybridized carbons (Fsp3) is 0.400. The van der Waals surface area contributed by atoms with E-state index < -0.39 is 0 Å². The van der Waals surface area contributed by atoms with E-state index in [-0.39, 0.29) is 0 Å². The van der Waals surface area contributed by atoms with Gasteiger partial charge in [0, 0.05) is 18.8 Å². The molecule has 0 aliphatic heterocycles. The van der Waals surface area contributed by atoms with Gasteiger partial charge in [0.05, 0.1) is 6.20 Å². The lowest BCUT2D eigenvalue weighted by Crippen LogP contribution is -2.19. The van der Waals surface area contributed by atoms with Gasteiger partial charge in [0.2, 0.25) is 5.95 Å². The molecule has 5 heteroatoms. The summed E-state index contributed by atoms with van der Waals surface area (Å²) in [4.78, 5) is 6.64. The summed E-state index contributed by atoms with van der Waals surface area (Å²) in [5, 5.41) is 11.3. The second-order valence-corrected chi connectivity index (χ2v) is 4.99. The van der Waals surface area contributed by atoms with Gasteiger partial charge in [-0.1, -0.05) is 32.0 Å². The predicted molar refractivity (Wildman–Crippen MR) is 82.3 cm³/mol. The van der Waals surface area contributed by atoms with Crippen molar-refractivity contribution in [1.82, 2.24) is 15.2 Å². The molecule has 0 aliphatic carbocycles. The van der Waals surface area contributed by atoms with E-state index >= 15 is 0 Å². The van der Waals surface area contributed by atoms with E-state index in [2.05, 4.69) is 58.3 Å². The zero-order chi connectivity index (χ0) is 14.4. The average molecular weight is 271 g/mol. The van der Waals surface area contributed by atoms with Gasteiger partial charge in [0.1, 0.15) is 0 Å². The molecule has 20 heavy (non-hydrogen) atoms. The minimum Gasteiger partial charge on any atom is -0.353 e. The summed E-state index contributed by atoms with van der Waals surface area (Å²) in [7, 11) is 0. The molecule has 0 amide bonds. The summed E-state index contributed by atoms with van der Waals surface area (Å²) in [5.74, 6) is 1.92. The van der Waals surface area contributed by atoms with Crippen LogP contribution in [0.4, 0.5) is 17.5 Å². The Morgan fingerprint density at radius 2 is 1.95 bits per heavy atom. The lowest BCUT2D eigenvalue weighted by atomic mass is 10.2. The van der Waals surface area contributed by atoms with Crippen LogP contribution in [0.5, 0.6) is 0 Å². The standard InChI is InChI=1S/C15H21N5/c1-4-20(13-8-6-5-7-9-13)14-11-17-19-15(18-14)16-10-12(2)3/h5-9,11-12H,4,10H2,1-3H3,(H,16,18,19). The third kappa shape index (κ3) is 3.66. The fourth-order valence-electron chi connectivity index (χ4n) is 1.88. The Morgan fingerprint density at radius 3 is 2.60 bits per heavy atom. The van der Waals surface area contributed by atoms with Crippen molar-refractivity contribution in [2.75, 3.05) is 23.3 Å². The molecule has 1 aromatic heterocycles. The molecule has 0 saturated heterocycles. The Morgan fingerprint density at radius 1 is 1.20 bits per heavy atom. The summed E-state index contributed by atoms with van der Waals surface area (Å²) >= 11 is 0. The van der Waals surface area contributed by atoms with Crippen LogP contribution in [0.25, 0.3) is 0 Å². The lowest BCUT2D eigenvalue weighted by Gasteiger charge is -2.21. The van der Waals surface area contributed by atoms with Crippen LogP contribution in [-0.4, -0.2) is 28.3 Å². The van der Waals surface area contributed by atoms with Crippen LogP contribution in [0, 0.1) is 5.92 Å². The Kier molecular flexibility index (Phi) is 4.87. The third-order valence-electron chi connectivity index (χ3n) is 2.88. The zero-order valence-electron chi connectivity index (χ0n) is 12.2. The highest BCUT2D eigenvalue weighted by Crippen LogP contribution is 2.22. The highest BCUT2D eigenvalue weighted by atomic mass is 15.3. The van der Waals surface area contributed by atoms with Gasteiger partial charge in [-0.2, -0.15) is 10.1 Å². The topological polar surface area (TPSA) is 53.9 Å². The summed E-state index contributed by atoms with van der Waals surface area (Å²) in [6.07, 6.45) is 1.69. The van der Waals surface area contributed by atoms with E-state index in [1.807, 2.05) is 18.2 Å². The van der Waals surface area contributed by atoms with Crippen molar-refractivity contribution in [3.63, 3.8) is 0 Å². The number of hydrogen-bond acceptors (Lipinski definition) is 5. The number of nitrogens with one attached hydrogen (secondary N) is 1. The van der Waals surface area contributed by atoms with E-state index in [9.17, 15) is 0 Å². The van der Waals surface area contributed by atoms with E-state index in [1.165, 1.54) is 0 Å². The SMILES string of the molecule is CCN(c1ccccc1)c1cnnc(NCC(C)C)n1. The smallest absolute Gasteiger partial charge is 0.244 e. The van der Waals surface area contributed by atoms with Crippen LogP contribution < -0.4 is 10.2 Å². The number of para-hydroxylation sites is 1. The fourth-order valence-corrected chi connectivity index (χ4v) is 1.88. The molecule has 2 aromatic rings. The first kappa shape index (κ1) is 14.2. The van der Waals surface area contributed by atoms with Gasteiger partial charge in [0.15, 0.2) is 5.82 Å². The quantitative estimate of drug-likeness (QED) is 0.875. The normalized spacial score (nSPS) is 10.6. The zero-order valence-corrected chi connectivity index (χ0v) is 12.2. The lowest BCUT2D eigenvalue weighted by molar-refractivity contribution is 0.682. The van der Waals surface area contributed by atoms with E-state index in [0.29, 0.717) is 11.9 Å². The number of anilines is 3. The van der Waals surface area contributed by atoms with Gasteiger partial charge in [-0.15, -0.1) is 5.10 Å². The van der Waals surface area contributed by atoms with E-state index in [1.54, 1.807) is 6.20 Å². The molecule has 0 radical (unpaired) electrons. The maximum atomic E-state index is 4.53. The molecule has 1 aromatic carbocycles. The predicted octanol–water partition coefficient (Wildman–Crippen LogP) is 3.10. The van der Waals surface area contributed by atoms with Gasteiger partial charge < -0.3 is 10.2 Å². The summed E-state index contributed by atoms with van der Waals surface area (Å²) in [6, 6.07) is 10.2. The molecular weight excluding hydrogens is 250 g/mol. The van der Waals surface area contributed by atoms with Crippen LogP contribution >= 0.6 is 0 Å². The minimum absolute atomic E-state index is 0.540. The molecule has 1 heterocycles. The average Bonchev–Trinajstić information content (AvgIpc) is 2.47. The van der Waals surface area contributed by atoms with Crippen LogP contribution in [-0.2, 0) is 0 Å². The van der Waals surface area contributed by atoms with Crippen LogP contribution in [0.3, 0.4) is 0 Å². The van der Waals surface area contributed by atoms with Crippen LogP contribution in [0.15, 0.2) is 36.5 Å². The minimum atomic E-state index is 0.540. The molecule has 0 bridgehead atoms. The second-order valence-electron chi connectivity index (χ2n) is 4.99. The molecule has 5 nitrogen and oxygen atoms in total. The number of rotatable bonds is 6. The molecule has 0 unspecified atom stereocenters. The molecule has 1 N–H and O–H groups in total. The molecule has 0 fully saturated rings. The number of hydrogen-bond donors (Lipinski definition) is 1. The van der Waals surface area contributed by atoms with Crippen molar-refractivity contribution < 1.29 is 0 Å². The number of aromatic nitrogens is 3. The highest BCUT2D eigenvalue weighted by Gasteiger charge is 2.10.